The highest BCUT2D eigenvalue weighted by atomic mass is 16.5. The molecule has 2 rings (SSSR count). The van der Waals surface area contributed by atoms with E-state index < -0.39 is 5.97 Å². The molecule has 134 valence electrons. The van der Waals surface area contributed by atoms with Crippen molar-refractivity contribution in [1.82, 2.24) is 14.9 Å². The van der Waals surface area contributed by atoms with Crippen molar-refractivity contribution < 1.29 is 19.4 Å². The summed E-state index contributed by atoms with van der Waals surface area (Å²) in [7, 11) is 3.23. The van der Waals surface area contributed by atoms with Gasteiger partial charge in [-0.25, -0.2) is 9.78 Å². The summed E-state index contributed by atoms with van der Waals surface area (Å²) < 4.78 is 10.8. The third-order valence-corrected chi connectivity index (χ3v) is 3.88. The van der Waals surface area contributed by atoms with Crippen LogP contribution in [0.2, 0.25) is 0 Å². The number of ether oxygens (including phenoxy) is 2. The Labute approximate surface area is 147 Å². The van der Waals surface area contributed by atoms with Gasteiger partial charge in [0.25, 0.3) is 0 Å². The van der Waals surface area contributed by atoms with Crippen LogP contribution in [0.5, 0.6) is 11.5 Å². The zero-order valence-electron chi connectivity index (χ0n) is 14.9. The van der Waals surface area contributed by atoms with Crippen molar-refractivity contribution in [2.24, 2.45) is 0 Å². The van der Waals surface area contributed by atoms with Crippen molar-refractivity contribution in [2.45, 2.75) is 33.0 Å². The molecule has 0 saturated carbocycles. The van der Waals surface area contributed by atoms with Gasteiger partial charge >= 0.3 is 5.97 Å². The summed E-state index contributed by atoms with van der Waals surface area (Å²) >= 11 is 0. The zero-order chi connectivity index (χ0) is 18.4. The first kappa shape index (κ1) is 18.7. The van der Waals surface area contributed by atoms with Crippen LogP contribution in [0, 0.1) is 0 Å². The third-order valence-electron chi connectivity index (χ3n) is 3.88. The highest BCUT2D eigenvalue weighted by Crippen LogP contribution is 2.32. The molecule has 0 aliphatic heterocycles. The standard InChI is InChI=1S/C18H23N3O4/c1-12(2)21(11-14-8-20-15(9-19-14)18(22)23)10-13-6-5-7-16(24-3)17(13)25-4/h5-9,12H,10-11H2,1-4H3,(H,22,23). The summed E-state index contributed by atoms with van der Waals surface area (Å²) in [4.78, 5) is 21.2. The molecule has 2 aromatic rings. The quantitative estimate of drug-likeness (QED) is 0.787. The lowest BCUT2D eigenvalue weighted by Crippen LogP contribution is -2.30. The SMILES string of the molecule is COc1cccc(CN(Cc2cnc(C(=O)O)cn2)C(C)C)c1OC. The predicted molar refractivity (Wildman–Crippen MR) is 92.9 cm³/mol. The molecule has 1 heterocycles. The van der Waals surface area contributed by atoms with E-state index in [1.807, 2.05) is 18.2 Å². The Hall–Kier alpha value is -2.67. The minimum Gasteiger partial charge on any atom is -0.493 e. The molecule has 1 aromatic heterocycles. The Morgan fingerprint density at radius 3 is 2.44 bits per heavy atom. The zero-order valence-corrected chi connectivity index (χ0v) is 14.9. The predicted octanol–water partition coefficient (Wildman–Crippen LogP) is 2.60. The molecule has 0 atom stereocenters. The van der Waals surface area contributed by atoms with E-state index in [1.165, 1.54) is 12.4 Å². The van der Waals surface area contributed by atoms with Crippen LogP contribution in [0.4, 0.5) is 0 Å². The van der Waals surface area contributed by atoms with E-state index in [9.17, 15) is 4.79 Å². The van der Waals surface area contributed by atoms with E-state index in [0.29, 0.717) is 30.3 Å². The average Bonchev–Trinajstić information content (AvgIpc) is 2.61. The van der Waals surface area contributed by atoms with Gasteiger partial charge in [0, 0.05) is 24.7 Å². The second-order valence-corrected chi connectivity index (χ2v) is 5.85. The fourth-order valence-corrected chi connectivity index (χ4v) is 2.47. The number of aromatic nitrogens is 2. The Kier molecular flexibility index (Phi) is 6.30. The molecule has 1 N–H and O–H groups in total. The van der Waals surface area contributed by atoms with Crippen molar-refractivity contribution in [3.8, 4) is 11.5 Å². The van der Waals surface area contributed by atoms with Gasteiger partial charge in [-0.3, -0.25) is 9.88 Å². The first-order valence-electron chi connectivity index (χ1n) is 7.94. The number of benzene rings is 1. The monoisotopic (exact) mass is 345 g/mol. The minimum absolute atomic E-state index is 0.0608. The number of carboxylic acid groups (broad SMARTS) is 1. The second kappa shape index (κ2) is 8.43. The molecule has 0 bridgehead atoms. The van der Waals surface area contributed by atoms with Crippen molar-refractivity contribution in [2.75, 3.05) is 14.2 Å². The molecule has 25 heavy (non-hydrogen) atoms. The number of para-hydroxylation sites is 1. The minimum atomic E-state index is -1.08. The number of aromatic carboxylic acids is 1. The van der Waals surface area contributed by atoms with Crippen molar-refractivity contribution >= 4 is 5.97 Å². The van der Waals surface area contributed by atoms with E-state index >= 15 is 0 Å². The largest absolute Gasteiger partial charge is 0.493 e. The number of nitrogens with zero attached hydrogens (tertiary/aromatic N) is 3. The lowest BCUT2D eigenvalue weighted by Gasteiger charge is -2.27. The van der Waals surface area contributed by atoms with Crippen LogP contribution in [0.15, 0.2) is 30.6 Å². The smallest absolute Gasteiger partial charge is 0.356 e. The highest BCUT2D eigenvalue weighted by molar-refractivity contribution is 5.84. The summed E-state index contributed by atoms with van der Waals surface area (Å²) in [6.45, 7) is 5.36. The van der Waals surface area contributed by atoms with Crippen LogP contribution in [0.25, 0.3) is 0 Å². The number of rotatable bonds is 8. The van der Waals surface area contributed by atoms with Crippen LogP contribution in [0.3, 0.4) is 0 Å². The molecule has 0 saturated heterocycles. The number of carbonyl (C=O) groups is 1. The lowest BCUT2D eigenvalue weighted by molar-refractivity contribution is 0.0689. The van der Waals surface area contributed by atoms with Gasteiger partial charge in [-0.15, -0.1) is 0 Å². The Morgan fingerprint density at radius 2 is 1.92 bits per heavy atom. The molecule has 7 heteroatoms. The van der Waals surface area contributed by atoms with E-state index in [0.717, 1.165) is 5.56 Å². The van der Waals surface area contributed by atoms with Gasteiger partial charge in [-0.1, -0.05) is 12.1 Å². The topological polar surface area (TPSA) is 84.8 Å². The Morgan fingerprint density at radius 1 is 1.16 bits per heavy atom. The first-order chi connectivity index (χ1) is 12.0. The maximum absolute atomic E-state index is 10.9. The van der Waals surface area contributed by atoms with Gasteiger partial charge in [0.05, 0.1) is 32.3 Å². The number of hydrogen-bond acceptors (Lipinski definition) is 6. The van der Waals surface area contributed by atoms with E-state index in [2.05, 4.69) is 28.7 Å². The average molecular weight is 345 g/mol. The Bertz CT molecular complexity index is 717. The van der Waals surface area contributed by atoms with Crippen LogP contribution < -0.4 is 9.47 Å². The van der Waals surface area contributed by atoms with E-state index in [-0.39, 0.29) is 11.7 Å². The third kappa shape index (κ3) is 4.67. The molecular formula is C18H23N3O4. The lowest BCUT2D eigenvalue weighted by atomic mass is 10.1. The molecule has 0 amide bonds. The molecular weight excluding hydrogens is 322 g/mol. The van der Waals surface area contributed by atoms with E-state index in [1.54, 1.807) is 14.2 Å². The van der Waals surface area contributed by atoms with Crippen molar-refractivity contribution in [3.63, 3.8) is 0 Å². The van der Waals surface area contributed by atoms with Crippen molar-refractivity contribution in [1.29, 1.82) is 0 Å². The van der Waals surface area contributed by atoms with Gasteiger partial charge in [-0.2, -0.15) is 0 Å². The number of carboxylic acids is 1. The normalized spacial score (nSPS) is 11.0. The van der Waals surface area contributed by atoms with Crippen LogP contribution >= 0.6 is 0 Å². The first-order valence-corrected chi connectivity index (χ1v) is 7.94. The molecule has 1 aromatic carbocycles. The summed E-state index contributed by atoms with van der Waals surface area (Å²) in [5, 5.41) is 8.91. The molecule has 0 radical (unpaired) electrons. The maximum atomic E-state index is 10.9. The van der Waals surface area contributed by atoms with Crippen LogP contribution in [-0.2, 0) is 13.1 Å². The van der Waals surface area contributed by atoms with Gasteiger partial charge < -0.3 is 14.6 Å². The number of methoxy groups -OCH3 is 2. The van der Waals surface area contributed by atoms with E-state index in [4.69, 9.17) is 14.6 Å². The summed E-state index contributed by atoms with van der Waals surface area (Å²) in [6, 6.07) is 6.03. The molecule has 0 fully saturated rings. The fourth-order valence-electron chi connectivity index (χ4n) is 2.47. The maximum Gasteiger partial charge on any atom is 0.356 e. The molecule has 0 aliphatic rings. The Balaban J connectivity index is 2.20. The molecule has 7 nitrogen and oxygen atoms in total. The second-order valence-electron chi connectivity index (χ2n) is 5.85. The summed E-state index contributed by atoms with van der Waals surface area (Å²) in [6.07, 6.45) is 2.78. The molecule has 0 spiro atoms. The summed E-state index contributed by atoms with van der Waals surface area (Å²) in [5.41, 5.74) is 1.65. The number of hydrogen-bond donors (Lipinski definition) is 1. The van der Waals surface area contributed by atoms with Gasteiger partial charge in [-0.05, 0) is 19.9 Å². The molecule has 0 unspecified atom stereocenters. The van der Waals surface area contributed by atoms with Crippen molar-refractivity contribution in [3.05, 3.63) is 47.5 Å². The van der Waals surface area contributed by atoms with Crippen LogP contribution in [-0.4, -0.2) is 46.2 Å². The van der Waals surface area contributed by atoms with Crippen LogP contribution in [0.1, 0.15) is 35.6 Å². The highest BCUT2D eigenvalue weighted by Gasteiger charge is 2.17. The summed E-state index contributed by atoms with van der Waals surface area (Å²) in [5.74, 6) is 0.318. The fraction of sp³-hybridized carbons (Fsp3) is 0.389. The molecule has 0 aliphatic carbocycles. The van der Waals surface area contributed by atoms with Gasteiger partial charge in [0.15, 0.2) is 17.2 Å². The van der Waals surface area contributed by atoms with Gasteiger partial charge in [0.1, 0.15) is 0 Å². The van der Waals surface area contributed by atoms with Gasteiger partial charge in [0.2, 0.25) is 0 Å².